The summed E-state index contributed by atoms with van der Waals surface area (Å²) in [6.45, 7) is 1.37. The van der Waals surface area contributed by atoms with Gasteiger partial charge >= 0.3 is 0 Å². The first-order chi connectivity index (χ1) is 10.2. The number of hydrogen-bond acceptors (Lipinski definition) is 4. The van der Waals surface area contributed by atoms with Gasteiger partial charge in [-0.15, -0.1) is 0 Å². The number of halogens is 1. The monoisotopic (exact) mass is 291 g/mol. The minimum atomic E-state index is -0.551. The number of carbonyl (C=O) groups is 1. The summed E-state index contributed by atoms with van der Waals surface area (Å²) in [5.74, 6) is 4.35. The lowest BCUT2D eigenvalue weighted by molar-refractivity contribution is 0.0953. The van der Waals surface area contributed by atoms with Crippen LogP contribution in [0.2, 0.25) is 0 Å². The minimum Gasteiger partial charge on any atom is -0.352 e. The second-order valence-corrected chi connectivity index (χ2v) is 4.57. The highest BCUT2D eigenvalue weighted by Crippen LogP contribution is 2.18. The molecule has 0 aliphatic carbocycles. The van der Waals surface area contributed by atoms with Crippen LogP contribution in [-0.2, 0) is 6.54 Å². The first-order valence-corrected chi connectivity index (χ1v) is 6.71. The summed E-state index contributed by atoms with van der Waals surface area (Å²) in [5.41, 5.74) is 2.43. The zero-order valence-electron chi connectivity index (χ0n) is 11.6. The standard InChI is InChI=1S/C14H18FN5O/c15-12-5-3-4-11(13(12)19-16)14(21)18-6-1-2-8-20-9-7-17-10-20/h3-5,7,9-10,19H,1-2,6,8,16H2,(H,18,21). The third-order valence-electron chi connectivity index (χ3n) is 3.09. The Kier molecular flexibility index (Phi) is 5.28. The van der Waals surface area contributed by atoms with Crippen LogP contribution in [0.15, 0.2) is 36.9 Å². The van der Waals surface area contributed by atoms with Gasteiger partial charge in [0.25, 0.3) is 5.91 Å². The van der Waals surface area contributed by atoms with Crippen LogP contribution in [0.25, 0.3) is 0 Å². The van der Waals surface area contributed by atoms with E-state index in [-0.39, 0.29) is 17.2 Å². The van der Waals surface area contributed by atoms with Gasteiger partial charge in [-0.3, -0.25) is 10.6 Å². The molecule has 0 fully saturated rings. The molecule has 7 heteroatoms. The molecule has 4 N–H and O–H groups in total. The number of carbonyl (C=O) groups excluding carboxylic acids is 1. The zero-order valence-corrected chi connectivity index (χ0v) is 11.6. The molecule has 0 bridgehead atoms. The predicted molar refractivity (Wildman–Crippen MR) is 78.0 cm³/mol. The highest BCUT2D eigenvalue weighted by Gasteiger charge is 2.13. The molecule has 112 valence electrons. The van der Waals surface area contributed by atoms with E-state index >= 15 is 0 Å². The lowest BCUT2D eigenvalue weighted by Gasteiger charge is -2.10. The van der Waals surface area contributed by atoms with Gasteiger partial charge < -0.3 is 15.3 Å². The molecule has 0 saturated carbocycles. The molecule has 1 amide bonds. The average Bonchev–Trinajstić information content (AvgIpc) is 2.99. The molecule has 6 nitrogen and oxygen atoms in total. The van der Waals surface area contributed by atoms with E-state index in [0.717, 1.165) is 19.4 Å². The highest BCUT2D eigenvalue weighted by atomic mass is 19.1. The van der Waals surface area contributed by atoms with Gasteiger partial charge in [0, 0.05) is 25.5 Å². The number of nitrogens with zero attached hydrogens (tertiary/aromatic N) is 2. The number of rotatable bonds is 7. The van der Waals surface area contributed by atoms with Gasteiger partial charge in [-0.05, 0) is 25.0 Å². The fourth-order valence-electron chi connectivity index (χ4n) is 2.00. The Hall–Kier alpha value is -2.41. The van der Waals surface area contributed by atoms with E-state index in [9.17, 15) is 9.18 Å². The molecule has 2 aromatic rings. The van der Waals surface area contributed by atoms with Crippen LogP contribution in [0.3, 0.4) is 0 Å². The van der Waals surface area contributed by atoms with Gasteiger partial charge in [0.05, 0.1) is 17.6 Å². The van der Waals surface area contributed by atoms with Gasteiger partial charge in [-0.1, -0.05) is 6.07 Å². The summed E-state index contributed by atoms with van der Waals surface area (Å²) in [6.07, 6.45) is 7.12. The van der Waals surface area contributed by atoms with Crippen molar-refractivity contribution in [3.8, 4) is 0 Å². The molecule has 2 rings (SSSR count). The van der Waals surface area contributed by atoms with Crippen molar-refractivity contribution in [3.63, 3.8) is 0 Å². The van der Waals surface area contributed by atoms with E-state index in [2.05, 4.69) is 15.7 Å². The molecule has 0 unspecified atom stereocenters. The largest absolute Gasteiger partial charge is 0.352 e. The molecule has 0 atom stereocenters. The highest BCUT2D eigenvalue weighted by molar-refractivity contribution is 5.99. The number of hydrogen-bond donors (Lipinski definition) is 3. The summed E-state index contributed by atoms with van der Waals surface area (Å²) in [6, 6.07) is 4.25. The second-order valence-electron chi connectivity index (χ2n) is 4.57. The number of aryl methyl sites for hydroxylation is 1. The van der Waals surface area contributed by atoms with E-state index in [0.29, 0.717) is 6.54 Å². The maximum Gasteiger partial charge on any atom is 0.253 e. The van der Waals surface area contributed by atoms with Crippen LogP contribution in [0.1, 0.15) is 23.2 Å². The summed E-state index contributed by atoms with van der Waals surface area (Å²) in [4.78, 5) is 15.9. The number of nitrogen functional groups attached to an aromatic ring is 1. The van der Waals surface area contributed by atoms with Crippen molar-refractivity contribution in [1.82, 2.24) is 14.9 Å². The predicted octanol–water partition coefficient (Wildman–Crippen LogP) is 1.52. The van der Waals surface area contributed by atoms with Crippen molar-refractivity contribution in [3.05, 3.63) is 48.3 Å². The Morgan fingerprint density at radius 3 is 2.95 bits per heavy atom. The molecule has 21 heavy (non-hydrogen) atoms. The number of imidazole rings is 1. The van der Waals surface area contributed by atoms with Crippen molar-refractivity contribution in [1.29, 1.82) is 0 Å². The number of benzene rings is 1. The number of hydrazine groups is 1. The van der Waals surface area contributed by atoms with E-state index in [1.54, 1.807) is 12.5 Å². The Morgan fingerprint density at radius 2 is 2.24 bits per heavy atom. The molecule has 0 radical (unpaired) electrons. The van der Waals surface area contributed by atoms with Crippen molar-refractivity contribution in [2.24, 2.45) is 5.84 Å². The molecule has 0 aliphatic heterocycles. The summed E-state index contributed by atoms with van der Waals surface area (Å²) < 4.78 is 15.5. The number of anilines is 1. The normalized spacial score (nSPS) is 10.4. The van der Waals surface area contributed by atoms with Gasteiger partial charge in [0.1, 0.15) is 5.82 Å². The molecule has 0 aliphatic rings. The van der Waals surface area contributed by atoms with E-state index in [4.69, 9.17) is 5.84 Å². The molecule has 1 heterocycles. The van der Waals surface area contributed by atoms with Crippen LogP contribution in [0, 0.1) is 5.82 Å². The number of amides is 1. The molecular weight excluding hydrogens is 273 g/mol. The topological polar surface area (TPSA) is 85.0 Å². The number of nitrogens with one attached hydrogen (secondary N) is 2. The van der Waals surface area contributed by atoms with Gasteiger partial charge in [0.2, 0.25) is 0 Å². The van der Waals surface area contributed by atoms with Crippen molar-refractivity contribution in [2.45, 2.75) is 19.4 Å². The number of unbranched alkanes of at least 4 members (excludes halogenated alkanes) is 1. The fourth-order valence-corrected chi connectivity index (χ4v) is 2.00. The summed E-state index contributed by atoms with van der Waals surface area (Å²) >= 11 is 0. The van der Waals surface area contributed by atoms with Crippen LogP contribution in [0.5, 0.6) is 0 Å². The number of para-hydroxylation sites is 1. The smallest absolute Gasteiger partial charge is 0.253 e. The number of aromatic nitrogens is 2. The summed E-state index contributed by atoms with van der Waals surface area (Å²) in [7, 11) is 0. The van der Waals surface area contributed by atoms with Crippen LogP contribution in [0.4, 0.5) is 10.1 Å². The minimum absolute atomic E-state index is 0.00779. The Bertz CT molecular complexity index is 585. The van der Waals surface area contributed by atoms with E-state index in [1.807, 2.05) is 10.8 Å². The van der Waals surface area contributed by atoms with Gasteiger partial charge in [-0.2, -0.15) is 0 Å². The molecule has 0 saturated heterocycles. The van der Waals surface area contributed by atoms with Gasteiger partial charge in [0.15, 0.2) is 0 Å². The van der Waals surface area contributed by atoms with Crippen molar-refractivity contribution < 1.29 is 9.18 Å². The second kappa shape index (κ2) is 7.39. The SMILES string of the molecule is NNc1c(F)cccc1C(=O)NCCCCn1ccnc1. The van der Waals surface area contributed by atoms with Crippen LogP contribution in [-0.4, -0.2) is 22.0 Å². The Labute approximate surface area is 122 Å². The van der Waals surface area contributed by atoms with Crippen molar-refractivity contribution in [2.75, 3.05) is 12.0 Å². The average molecular weight is 291 g/mol. The van der Waals surface area contributed by atoms with Crippen molar-refractivity contribution >= 4 is 11.6 Å². The fraction of sp³-hybridized carbons (Fsp3) is 0.286. The third kappa shape index (κ3) is 4.03. The number of nitrogens with two attached hydrogens (primary N) is 1. The third-order valence-corrected chi connectivity index (χ3v) is 3.09. The summed E-state index contributed by atoms with van der Waals surface area (Å²) in [5, 5.41) is 2.75. The van der Waals surface area contributed by atoms with Crippen LogP contribution < -0.4 is 16.6 Å². The zero-order chi connectivity index (χ0) is 15.1. The molecule has 0 spiro atoms. The quantitative estimate of drug-likeness (QED) is 0.410. The van der Waals surface area contributed by atoms with E-state index < -0.39 is 5.82 Å². The Balaban J connectivity index is 1.78. The first kappa shape index (κ1) is 15.0. The maximum absolute atomic E-state index is 13.5. The lowest BCUT2D eigenvalue weighted by atomic mass is 10.1. The molecular formula is C14H18FN5O. The van der Waals surface area contributed by atoms with E-state index in [1.165, 1.54) is 18.2 Å². The molecule has 1 aromatic heterocycles. The molecule has 1 aromatic carbocycles. The van der Waals surface area contributed by atoms with Crippen LogP contribution >= 0.6 is 0 Å². The Morgan fingerprint density at radius 1 is 1.38 bits per heavy atom. The maximum atomic E-state index is 13.5. The lowest BCUT2D eigenvalue weighted by Crippen LogP contribution is -2.26. The first-order valence-electron chi connectivity index (χ1n) is 6.71. The van der Waals surface area contributed by atoms with Gasteiger partial charge in [-0.25, -0.2) is 9.37 Å².